The maximum atomic E-state index is 13.0. The van der Waals surface area contributed by atoms with Crippen LogP contribution in [0.2, 0.25) is 0 Å². The smallest absolute Gasteiger partial charge is 0.266 e. The molecule has 1 aliphatic heterocycles. The molecule has 0 aromatic heterocycles. The summed E-state index contributed by atoms with van der Waals surface area (Å²) in [6, 6.07) is 6.98. The molecule has 0 N–H and O–H groups in total. The summed E-state index contributed by atoms with van der Waals surface area (Å²) in [7, 11) is 0. The number of benzene rings is 1. The molecule has 0 bridgehead atoms. The third-order valence-corrected chi connectivity index (χ3v) is 3.22. The van der Waals surface area contributed by atoms with Crippen molar-refractivity contribution in [3.05, 3.63) is 28.2 Å². The minimum absolute atomic E-state index is 0.112. The molecule has 2 rings (SSSR count). The molecule has 5 heteroatoms. The molecule has 1 fully saturated rings. The van der Waals surface area contributed by atoms with E-state index in [2.05, 4.69) is 15.9 Å². The van der Waals surface area contributed by atoms with Crippen molar-refractivity contribution >= 4 is 21.6 Å². The van der Waals surface area contributed by atoms with Crippen molar-refractivity contribution in [2.45, 2.75) is 12.3 Å². The van der Waals surface area contributed by atoms with Gasteiger partial charge in [0, 0.05) is 17.4 Å². The van der Waals surface area contributed by atoms with E-state index in [0.29, 0.717) is 16.6 Å². The fraction of sp³-hybridized carbons (Fsp3) is 0.364. The highest BCUT2D eigenvalue weighted by Gasteiger charge is 2.38. The molecule has 0 radical (unpaired) electrons. The first-order valence-electron chi connectivity index (χ1n) is 4.84. The van der Waals surface area contributed by atoms with Crippen LogP contribution in [0.4, 0.5) is 14.5 Å². The van der Waals surface area contributed by atoms with Crippen LogP contribution in [-0.4, -0.2) is 19.0 Å². The van der Waals surface area contributed by atoms with E-state index in [0.717, 1.165) is 5.69 Å². The Morgan fingerprint density at radius 2 is 2.19 bits per heavy atom. The highest BCUT2D eigenvalue weighted by molar-refractivity contribution is 9.10. The molecule has 1 aromatic rings. The van der Waals surface area contributed by atoms with Crippen LogP contribution in [-0.2, 0) is 0 Å². The second kappa shape index (κ2) is 4.02. The second-order valence-electron chi connectivity index (χ2n) is 3.81. The predicted octanol–water partition coefficient (Wildman–Crippen LogP) is 3.17. The van der Waals surface area contributed by atoms with Gasteiger partial charge in [-0.1, -0.05) is 0 Å². The first-order chi connectivity index (χ1) is 7.52. The van der Waals surface area contributed by atoms with Gasteiger partial charge >= 0.3 is 0 Å². The number of hydrogen-bond acceptors (Lipinski definition) is 2. The van der Waals surface area contributed by atoms with E-state index in [4.69, 9.17) is 5.26 Å². The largest absolute Gasteiger partial charge is 0.364 e. The zero-order valence-electron chi connectivity index (χ0n) is 8.38. The molecular weight excluding hydrogens is 278 g/mol. The maximum Gasteiger partial charge on any atom is 0.266 e. The molecule has 0 atom stereocenters. The Morgan fingerprint density at radius 1 is 1.44 bits per heavy atom. The zero-order valence-corrected chi connectivity index (χ0v) is 9.97. The lowest BCUT2D eigenvalue weighted by molar-refractivity contribution is 0.0257. The Labute approximate surface area is 101 Å². The highest BCUT2D eigenvalue weighted by atomic mass is 79.9. The van der Waals surface area contributed by atoms with E-state index in [-0.39, 0.29) is 13.0 Å². The van der Waals surface area contributed by atoms with Crippen molar-refractivity contribution in [3.63, 3.8) is 0 Å². The molecule has 16 heavy (non-hydrogen) atoms. The molecule has 1 heterocycles. The van der Waals surface area contributed by atoms with Crippen LogP contribution in [0.15, 0.2) is 22.7 Å². The molecule has 84 valence electrons. The number of nitriles is 1. The standard InChI is InChI=1S/C11H9BrF2N2/c12-9-5-8(6-15)1-2-10(9)16-4-3-11(13,14)7-16/h1-2,5H,3-4,7H2. The molecule has 1 aliphatic rings. The van der Waals surface area contributed by atoms with Gasteiger partial charge < -0.3 is 4.90 Å². The van der Waals surface area contributed by atoms with Crippen molar-refractivity contribution in [2.75, 3.05) is 18.0 Å². The predicted molar refractivity (Wildman–Crippen MR) is 60.6 cm³/mol. The van der Waals surface area contributed by atoms with Gasteiger partial charge in [-0.15, -0.1) is 0 Å². The molecule has 0 spiro atoms. The van der Waals surface area contributed by atoms with E-state index in [1.807, 2.05) is 6.07 Å². The highest BCUT2D eigenvalue weighted by Crippen LogP contribution is 2.35. The van der Waals surface area contributed by atoms with Gasteiger partial charge in [-0.2, -0.15) is 5.26 Å². The average Bonchev–Trinajstić information content (AvgIpc) is 2.58. The monoisotopic (exact) mass is 286 g/mol. The average molecular weight is 287 g/mol. The molecule has 2 nitrogen and oxygen atoms in total. The van der Waals surface area contributed by atoms with Crippen molar-refractivity contribution in [2.24, 2.45) is 0 Å². The van der Waals surface area contributed by atoms with Gasteiger partial charge in [0.2, 0.25) is 0 Å². The molecule has 0 amide bonds. The summed E-state index contributed by atoms with van der Waals surface area (Å²) in [5.41, 5.74) is 1.23. The van der Waals surface area contributed by atoms with Gasteiger partial charge in [0.15, 0.2) is 0 Å². The zero-order chi connectivity index (χ0) is 11.8. The number of alkyl halides is 2. The van der Waals surface area contributed by atoms with Crippen molar-refractivity contribution in [1.82, 2.24) is 0 Å². The summed E-state index contributed by atoms with van der Waals surface area (Å²) in [4.78, 5) is 1.63. The molecule has 1 aromatic carbocycles. The summed E-state index contributed by atoms with van der Waals surface area (Å²) in [6.07, 6.45) is -0.112. The molecule has 0 unspecified atom stereocenters. The third-order valence-electron chi connectivity index (χ3n) is 2.59. The van der Waals surface area contributed by atoms with Crippen LogP contribution in [0, 0.1) is 11.3 Å². The van der Waals surface area contributed by atoms with Crippen LogP contribution < -0.4 is 4.90 Å². The van der Waals surface area contributed by atoms with Crippen molar-refractivity contribution in [1.29, 1.82) is 5.26 Å². The van der Waals surface area contributed by atoms with Gasteiger partial charge in [-0.25, -0.2) is 8.78 Å². The first-order valence-corrected chi connectivity index (χ1v) is 5.63. The second-order valence-corrected chi connectivity index (χ2v) is 4.66. The van der Waals surface area contributed by atoms with E-state index in [1.54, 1.807) is 23.1 Å². The van der Waals surface area contributed by atoms with Gasteiger partial charge in [0.25, 0.3) is 5.92 Å². The minimum Gasteiger partial charge on any atom is -0.364 e. The van der Waals surface area contributed by atoms with Crippen LogP contribution in [0.25, 0.3) is 0 Å². The normalized spacial score (nSPS) is 18.5. The molecule has 0 aliphatic carbocycles. The topological polar surface area (TPSA) is 27.0 Å². The summed E-state index contributed by atoms with van der Waals surface area (Å²) >= 11 is 3.30. The SMILES string of the molecule is N#Cc1ccc(N2CCC(F)(F)C2)c(Br)c1. The number of halogens is 3. The van der Waals surface area contributed by atoms with Gasteiger partial charge in [0.1, 0.15) is 0 Å². The number of anilines is 1. The van der Waals surface area contributed by atoms with Crippen LogP contribution >= 0.6 is 15.9 Å². The Hall–Kier alpha value is -1.15. The van der Waals surface area contributed by atoms with E-state index in [1.165, 1.54) is 0 Å². The van der Waals surface area contributed by atoms with Crippen LogP contribution in [0.1, 0.15) is 12.0 Å². The summed E-state index contributed by atoms with van der Waals surface area (Å²) in [6.45, 7) is 0.0923. The number of rotatable bonds is 1. The lowest BCUT2D eigenvalue weighted by Crippen LogP contribution is -2.25. The maximum absolute atomic E-state index is 13.0. The summed E-state index contributed by atoms with van der Waals surface area (Å²) < 4.78 is 26.8. The Balaban J connectivity index is 2.26. The van der Waals surface area contributed by atoms with Crippen LogP contribution in [0.5, 0.6) is 0 Å². The minimum atomic E-state index is -2.60. The van der Waals surface area contributed by atoms with E-state index >= 15 is 0 Å². The summed E-state index contributed by atoms with van der Waals surface area (Å²) in [5.74, 6) is -2.60. The van der Waals surface area contributed by atoms with E-state index < -0.39 is 5.92 Å². The van der Waals surface area contributed by atoms with E-state index in [9.17, 15) is 8.78 Å². The van der Waals surface area contributed by atoms with Crippen molar-refractivity contribution < 1.29 is 8.78 Å². The Bertz CT molecular complexity index is 454. The van der Waals surface area contributed by atoms with Gasteiger partial charge in [-0.05, 0) is 34.1 Å². The summed E-state index contributed by atoms with van der Waals surface area (Å²) in [5, 5.41) is 8.70. The fourth-order valence-corrected chi connectivity index (χ4v) is 2.40. The molecule has 1 saturated heterocycles. The Morgan fingerprint density at radius 3 is 2.69 bits per heavy atom. The van der Waals surface area contributed by atoms with Gasteiger partial charge in [0.05, 0.1) is 23.9 Å². The quantitative estimate of drug-likeness (QED) is 0.793. The van der Waals surface area contributed by atoms with Gasteiger partial charge in [-0.3, -0.25) is 0 Å². The lowest BCUT2D eigenvalue weighted by Gasteiger charge is -2.19. The lowest BCUT2D eigenvalue weighted by atomic mass is 10.2. The number of hydrogen-bond donors (Lipinski definition) is 0. The third kappa shape index (κ3) is 2.17. The number of nitrogens with zero attached hydrogens (tertiary/aromatic N) is 2. The van der Waals surface area contributed by atoms with Crippen molar-refractivity contribution in [3.8, 4) is 6.07 Å². The first kappa shape index (κ1) is 11.3. The molecule has 0 saturated carbocycles. The van der Waals surface area contributed by atoms with Crippen LogP contribution in [0.3, 0.4) is 0 Å². The fourth-order valence-electron chi connectivity index (χ4n) is 1.77. The molecular formula is C11H9BrF2N2. The Kier molecular flexibility index (Phi) is 2.85.